The molecule has 2 heterocycles. The topological polar surface area (TPSA) is 117 Å². The van der Waals surface area contributed by atoms with Crippen LogP contribution in [0.25, 0.3) is 11.1 Å². The number of anilines is 2. The van der Waals surface area contributed by atoms with Crippen molar-refractivity contribution in [1.29, 1.82) is 0 Å². The number of aromatic carboxylic acids is 1. The number of phenolic OH excluding ortho intramolecular Hbond substituents is 1. The summed E-state index contributed by atoms with van der Waals surface area (Å²) in [6, 6.07) is 8.63. The highest BCUT2D eigenvalue weighted by atomic mass is 35.5. The molecule has 2 aromatic carbocycles. The number of aliphatic imine (C=N–C) groups is 1. The summed E-state index contributed by atoms with van der Waals surface area (Å²) in [4.78, 5) is 24.6. The number of carboxylic acids is 1. The highest BCUT2D eigenvalue weighted by Crippen LogP contribution is 2.43. The number of fused-ring (bicyclic) bond motifs is 3. The zero-order valence-corrected chi connectivity index (χ0v) is 19.5. The Morgan fingerprint density at radius 2 is 2.03 bits per heavy atom. The van der Waals surface area contributed by atoms with E-state index < -0.39 is 11.8 Å². The molecule has 0 fully saturated rings. The summed E-state index contributed by atoms with van der Waals surface area (Å²) in [5, 5.41) is 22.9. The quantitative estimate of drug-likeness (QED) is 0.430. The summed E-state index contributed by atoms with van der Waals surface area (Å²) in [7, 11) is 1.39. The van der Waals surface area contributed by atoms with Crippen LogP contribution in [0.5, 0.6) is 11.5 Å². The number of halogens is 2. The molecule has 36 heavy (non-hydrogen) atoms. The van der Waals surface area contributed by atoms with Gasteiger partial charge in [-0.15, -0.1) is 0 Å². The van der Waals surface area contributed by atoms with Gasteiger partial charge in [-0.2, -0.15) is 0 Å². The Kier molecular flexibility index (Phi) is 5.99. The number of nitrogens with one attached hydrogen (secondary N) is 1. The molecule has 1 aliphatic heterocycles. The number of nitrogens with zero attached hydrogens (tertiary/aromatic N) is 3. The average Bonchev–Trinajstić information content (AvgIpc) is 3.02. The highest BCUT2D eigenvalue weighted by molar-refractivity contribution is 6.69. The SMILES string of the molecule is COc1cc(Nc2ncc3c(n2)C2=CN=C(Cl)C=C(c4c(O)cccc4F)C2=CC3)ccc1C(=O)O. The molecular weight excluding hydrogens is 487 g/mol. The molecule has 3 aromatic rings. The summed E-state index contributed by atoms with van der Waals surface area (Å²) in [5.74, 6) is -1.48. The van der Waals surface area contributed by atoms with Crippen LogP contribution in [0, 0.1) is 5.82 Å². The largest absolute Gasteiger partial charge is 0.507 e. The minimum Gasteiger partial charge on any atom is -0.507 e. The maximum Gasteiger partial charge on any atom is 0.339 e. The third-order valence-electron chi connectivity index (χ3n) is 5.76. The van der Waals surface area contributed by atoms with Crippen LogP contribution >= 0.6 is 11.6 Å². The van der Waals surface area contributed by atoms with Crippen molar-refractivity contribution in [2.24, 2.45) is 4.99 Å². The van der Waals surface area contributed by atoms with Crippen LogP contribution in [0.3, 0.4) is 0 Å². The van der Waals surface area contributed by atoms with Gasteiger partial charge in [0, 0.05) is 35.3 Å². The van der Waals surface area contributed by atoms with Gasteiger partial charge in [-0.3, -0.25) is 0 Å². The maximum absolute atomic E-state index is 14.8. The summed E-state index contributed by atoms with van der Waals surface area (Å²) < 4.78 is 20.0. The summed E-state index contributed by atoms with van der Waals surface area (Å²) in [6.07, 6.45) is 7.09. The van der Waals surface area contributed by atoms with E-state index in [2.05, 4.69) is 20.3 Å². The molecule has 0 spiro atoms. The van der Waals surface area contributed by atoms with Crippen LogP contribution in [-0.4, -0.2) is 38.4 Å². The lowest BCUT2D eigenvalue weighted by Crippen LogP contribution is -2.10. The minimum absolute atomic E-state index is 0.0198. The smallest absolute Gasteiger partial charge is 0.339 e. The lowest BCUT2D eigenvalue weighted by Gasteiger charge is -2.22. The van der Waals surface area contributed by atoms with Crippen LogP contribution in [0.2, 0.25) is 0 Å². The Labute approximate surface area is 209 Å². The number of rotatable bonds is 5. The first-order valence-corrected chi connectivity index (χ1v) is 11.1. The van der Waals surface area contributed by atoms with Gasteiger partial charge in [0.1, 0.15) is 28.1 Å². The third-order valence-corrected chi connectivity index (χ3v) is 5.96. The Hall–Kier alpha value is -4.50. The van der Waals surface area contributed by atoms with Crippen molar-refractivity contribution >= 4 is 45.5 Å². The highest BCUT2D eigenvalue weighted by Gasteiger charge is 2.27. The number of carbonyl (C=O) groups is 1. The van der Waals surface area contributed by atoms with Crippen molar-refractivity contribution in [1.82, 2.24) is 9.97 Å². The molecule has 2 aliphatic rings. The Bertz CT molecular complexity index is 1520. The fourth-order valence-corrected chi connectivity index (χ4v) is 4.26. The van der Waals surface area contributed by atoms with Crippen molar-refractivity contribution in [3.63, 3.8) is 0 Å². The summed E-state index contributed by atoms with van der Waals surface area (Å²) in [5.41, 5.74) is 3.55. The fourth-order valence-electron chi connectivity index (χ4n) is 4.11. The Morgan fingerprint density at radius 1 is 1.19 bits per heavy atom. The molecule has 8 nitrogen and oxygen atoms in total. The zero-order valence-electron chi connectivity index (χ0n) is 18.8. The summed E-state index contributed by atoms with van der Waals surface area (Å²) in [6.45, 7) is 0. The standard InChI is InChI=1S/C26H18ClFN4O4/c1-36-21-9-14(6-8-16(21)25(34)35)31-26-30-11-13-5-7-15-17(23-19(28)3-2-4-20(23)33)10-22(27)29-12-18(15)24(13)32-26/h2-4,6-12,33H,5H2,1H3,(H,34,35)(H,30,31,32). The number of hydrogen-bond donors (Lipinski definition) is 3. The van der Waals surface area contributed by atoms with Gasteiger partial charge in [0.2, 0.25) is 5.95 Å². The van der Waals surface area contributed by atoms with Crippen LogP contribution in [0.15, 0.2) is 71.5 Å². The molecule has 10 heteroatoms. The lowest BCUT2D eigenvalue weighted by atomic mass is 9.84. The van der Waals surface area contributed by atoms with Gasteiger partial charge in [-0.1, -0.05) is 23.7 Å². The normalized spacial score (nSPS) is 14.3. The molecule has 0 unspecified atom stereocenters. The van der Waals surface area contributed by atoms with Crippen LogP contribution in [0.4, 0.5) is 16.0 Å². The molecule has 0 saturated carbocycles. The van der Waals surface area contributed by atoms with E-state index in [0.717, 1.165) is 5.56 Å². The zero-order chi connectivity index (χ0) is 25.4. The number of methoxy groups -OCH3 is 1. The lowest BCUT2D eigenvalue weighted by molar-refractivity contribution is 0.0693. The van der Waals surface area contributed by atoms with E-state index in [0.29, 0.717) is 34.5 Å². The fraction of sp³-hybridized carbons (Fsp3) is 0.0769. The molecule has 0 atom stereocenters. The number of hydrogen-bond acceptors (Lipinski definition) is 7. The number of aromatic nitrogens is 2. The second-order valence-electron chi connectivity index (χ2n) is 7.92. The van der Waals surface area contributed by atoms with Gasteiger partial charge < -0.3 is 20.3 Å². The maximum atomic E-state index is 14.8. The van der Waals surface area contributed by atoms with Gasteiger partial charge in [-0.25, -0.2) is 24.1 Å². The molecule has 0 radical (unpaired) electrons. The number of allylic oxidation sites excluding steroid dienone is 5. The average molecular weight is 505 g/mol. The predicted octanol–water partition coefficient (Wildman–Crippen LogP) is 5.33. The van der Waals surface area contributed by atoms with E-state index in [1.54, 1.807) is 18.5 Å². The summed E-state index contributed by atoms with van der Waals surface area (Å²) >= 11 is 6.26. The Balaban J connectivity index is 1.54. The molecule has 3 N–H and O–H groups in total. The van der Waals surface area contributed by atoms with E-state index in [1.807, 2.05) is 6.08 Å². The number of ether oxygens (including phenoxy) is 1. The van der Waals surface area contributed by atoms with Crippen molar-refractivity contribution in [3.05, 3.63) is 94.7 Å². The predicted molar refractivity (Wildman–Crippen MR) is 134 cm³/mol. The van der Waals surface area contributed by atoms with E-state index >= 15 is 0 Å². The second-order valence-corrected chi connectivity index (χ2v) is 8.31. The first kappa shape index (κ1) is 23.3. The molecule has 180 valence electrons. The van der Waals surface area contributed by atoms with Crippen molar-refractivity contribution in [2.75, 3.05) is 12.4 Å². The number of carboxylic acid groups (broad SMARTS) is 1. The van der Waals surface area contributed by atoms with E-state index in [-0.39, 0.29) is 33.7 Å². The third kappa shape index (κ3) is 4.20. The molecule has 1 aliphatic carbocycles. The monoisotopic (exact) mass is 504 g/mol. The van der Waals surface area contributed by atoms with Crippen molar-refractivity contribution in [3.8, 4) is 11.5 Å². The van der Waals surface area contributed by atoms with Gasteiger partial charge in [0.25, 0.3) is 0 Å². The van der Waals surface area contributed by atoms with Gasteiger partial charge in [0.15, 0.2) is 0 Å². The first-order valence-electron chi connectivity index (χ1n) is 10.7. The molecule has 0 bridgehead atoms. The molecule has 0 saturated heterocycles. The molecule has 0 amide bonds. The van der Waals surface area contributed by atoms with Crippen LogP contribution in [0.1, 0.15) is 27.2 Å². The minimum atomic E-state index is -1.10. The Morgan fingerprint density at radius 3 is 2.78 bits per heavy atom. The number of phenols is 1. The van der Waals surface area contributed by atoms with Crippen molar-refractivity contribution in [2.45, 2.75) is 6.42 Å². The van der Waals surface area contributed by atoms with Crippen molar-refractivity contribution < 1.29 is 24.1 Å². The number of benzene rings is 2. The number of aromatic hydroxyl groups is 1. The molecule has 1 aromatic heterocycles. The second kappa shape index (κ2) is 9.27. The first-order chi connectivity index (χ1) is 17.4. The molecular formula is C26H18ClFN4O4. The van der Waals surface area contributed by atoms with Gasteiger partial charge in [0.05, 0.1) is 18.4 Å². The van der Waals surface area contributed by atoms with E-state index in [4.69, 9.17) is 16.3 Å². The molecule has 5 rings (SSSR count). The van der Waals surface area contributed by atoms with Gasteiger partial charge >= 0.3 is 5.97 Å². The van der Waals surface area contributed by atoms with Gasteiger partial charge in [-0.05, 0) is 47.9 Å². The van der Waals surface area contributed by atoms with E-state index in [1.165, 1.54) is 43.5 Å². The van der Waals surface area contributed by atoms with Crippen LogP contribution in [-0.2, 0) is 6.42 Å². The van der Waals surface area contributed by atoms with E-state index in [9.17, 15) is 19.4 Å². The van der Waals surface area contributed by atoms with Crippen LogP contribution < -0.4 is 10.1 Å².